The number of rotatable bonds is 0. The molecule has 0 saturated carbocycles. The summed E-state index contributed by atoms with van der Waals surface area (Å²) in [6.45, 7) is 1.82. The second-order valence-corrected chi connectivity index (χ2v) is 4.64. The number of nitrogens with zero attached hydrogens (tertiary/aromatic N) is 3. The van der Waals surface area contributed by atoms with Gasteiger partial charge in [0.25, 0.3) is 0 Å². The minimum Gasteiger partial charge on any atom is -0.289 e. The summed E-state index contributed by atoms with van der Waals surface area (Å²) in [6, 6.07) is 0.435. The van der Waals surface area contributed by atoms with E-state index >= 15 is 0 Å². The highest BCUT2D eigenvalue weighted by atomic mass is 32.2. The maximum absolute atomic E-state index is 4.59. The van der Waals surface area contributed by atoms with E-state index in [1.807, 2.05) is 11.8 Å². The standard InChI is InChI=1S/C9H11N3S/c1-2-13-5-7-8(1)10-3-6-4-11-12-9(6)7/h1-2,6-7,9H,3-5H2. The molecule has 0 spiro atoms. The van der Waals surface area contributed by atoms with Gasteiger partial charge in [0.05, 0.1) is 12.6 Å². The van der Waals surface area contributed by atoms with Crippen LogP contribution in [0.2, 0.25) is 0 Å². The minimum atomic E-state index is 0.435. The Balaban J connectivity index is 1.96. The van der Waals surface area contributed by atoms with Crippen molar-refractivity contribution >= 4 is 17.5 Å². The van der Waals surface area contributed by atoms with Crippen LogP contribution in [0.15, 0.2) is 26.7 Å². The lowest BCUT2D eigenvalue weighted by molar-refractivity contribution is 0.419. The lowest BCUT2D eigenvalue weighted by atomic mass is 9.84. The smallest absolute Gasteiger partial charge is 0.0863 e. The SMILES string of the molecule is C1=CC2=NCC3CN=NC3C2CS1. The monoisotopic (exact) mass is 193 g/mol. The summed E-state index contributed by atoms with van der Waals surface area (Å²) in [7, 11) is 0. The molecule has 0 bridgehead atoms. The zero-order valence-corrected chi connectivity index (χ0v) is 8.07. The van der Waals surface area contributed by atoms with Gasteiger partial charge in [-0.15, -0.1) is 11.8 Å². The molecule has 3 aliphatic heterocycles. The van der Waals surface area contributed by atoms with Gasteiger partial charge < -0.3 is 0 Å². The van der Waals surface area contributed by atoms with Crippen molar-refractivity contribution < 1.29 is 0 Å². The normalized spacial score (nSPS) is 41.2. The molecule has 3 atom stereocenters. The quantitative estimate of drug-likeness (QED) is 0.577. The van der Waals surface area contributed by atoms with Crippen LogP contribution < -0.4 is 0 Å². The Hall–Kier alpha value is -0.640. The molecule has 0 aromatic rings. The van der Waals surface area contributed by atoms with Crippen molar-refractivity contribution in [3.63, 3.8) is 0 Å². The van der Waals surface area contributed by atoms with E-state index in [-0.39, 0.29) is 0 Å². The summed E-state index contributed by atoms with van der Waals surface area (Å²) in [6.07, 6.45) is 2.14. The highest BCUT2D eigenvalue weighted by Gasteiger charge is 2.38. The number of hydrogen-bond donors (Lipinski definition) is 0. The first kappa shape index (κ1) is 7.74. The van der Waals surface area contributed by atoms with Crippen LogP contribution in [0.4, 0.5) is 0 Å². The zero-order valence-electron chi connectivity index (χ0n) is 7.26. The van der Waals surface area contributed by atoms with Gasteiger partial charge in [-0.25, -0.2) is 0 Å². The van der Waals surface area contributed by atoms with E-state index in [0.717, 1.165) is 18.8 Å². The molecule has 0 radical (unpaired) electrons. The molecule has 0 aromatic carbocycles. The molecule has 68 valence electrons. The van der Waals surface area contributed by atoms with Gasteiger partial charge in [0, 0.05) is 29.8 Å². The van der Waals surface area contributed by atoms with E-state index < -0.39 is 0 Å². The molecule has 0 saturated heterocycles. The van der Waals surface area contributed by atoms with Crippen molar-refractivity contribution in [2.75, 3.05) is 18.8 Å². The van der Waals surface area contributed by atoms with Gasteiger partial charge in [0.15, 0.2) is 0 Å². The highest BCUT2D eigenvalue weighted by molar-refractivity contribution is 8.02. The lowest BCUT2D eigenvalue weighted by Gasteiger charge is -2.30. The topological polar surface area (TPSA) is 37.1 Å². The Morgan fingerprint density at radius 3 is 3.38 bits per heavy atom. The van der Waals surface area contributed by atoms with Crippen molar-refractivity contribution in [1.29, 1.82) is 0 Å². The number of allylic oxidation sites excluding steroid dienone is 1. The Kier molecular flexibility index (Phi) is 1.75. The highest BCUT2D eigenvalue weighted by Crippen LogP contribution is 2.34. The first-order chi connectivity index (χ1) is 6.45. The average molecular weight is 193 g/mol. The van der Waals surface area contributed by atoms with Crippen LogP contribution in [-0.4, -0.2) is 30.6 Å². The molecule has 0 fully saturated rings. The van der Waals surface area contributed by atoms with Gasteiger partial charge in [-0.05, 0) is 11.5 Å². The minimum absolute atomic E-state index is 0.435. The summed E-state index contributed by atoms with van der Waals surface area (Å²) in [5.41, 5.74) is 1.25. The molecular formula is C9H11N3S. The second-order valence-electron chi connectivity index (χ2n) is 3.70. The molecule has 3 unspecified atom stereocenters. The number of azo groups is 1. The van der Waals surface area contributed by atoms with Gasteiger partial charge in [0.2, 0.25) is 0 Å². The maximum atomic E-state index is 4.59. The summed E-state index contributed by atoms with van der Waals surface area (Å²) in [5.74, 6) is 2.27. The third kappa shape index (κ3) is 1.15. The zero-order chi connectivity index (χ0) is 8.67. The molecule has 3 heterocycles. The molecule has 0 amide bonds. The van der Waals surface area contributed by atoms with E-state index in [0.29, 0.717) is 17.9 Å². The van der Waals surface area contributed by atoms with Crippen LogP contribution in [-0.2, 0) is 0 Å². The van der Waals surface area contributed by atoms with E-state index in [1.165, 1.54) is 5.71 Å². The Morgan fingerprint density at radius 1 is 1.38 bits per heavy atom. The molecule has 4 heteroatoms. The van der Waals surface area contributed by atoms with Gasteiger partial charge in [0.1, 0.15) is 0 Å². The first-order valence-electron chi connectivity index (χ1n) is 4.64. The number of hydrogen-bond acceptors (Lipinski definition) is 4. The molecule has 0 aromatic heterocycles. The van der Waals surface area contributed by atoms with Gasteiger partial charge >= 0.3 is 0 Å². The molecule has 13 heavy (non-hydrogen) atoms. The van der Waals surface area contributed by atoms with E-state index in [4.69, 9.17) is 0 Å². The molecule has 0 aliphatic carbocycles. The van der Waals surface area contributed by atoms with Crippen molar-refractivity contribution in [3.05, 3.63) is 11.5 Å². The van der Waals surface area contributed by atoms with Crippen LogP contribution in [0.3, 0.4) is 0 Å². The number of thioether (sulfide) groups is 1. The van der Waals surface area contributed by atoms with Crippen molar-refractivity contribution in [3.8, 4) is 0 Å². The molecule has 3 nitrogen and oxygen atoms in total. The summed E-state index contributed by atoms with van der Waals surface area (Å²) >= 11 is 1.87. The van der Waals surface area contributed by atoms with Crippen LogP contribution >= 0.6 is 11.8 Å². The van der Waals surface area contributed by atoms with E-state index in [2.05, 4.69) is 26.7 Å². The Labute approximate surface area is 81.4 Å². The van der Waals surface area contributed by atoms with Crippen LogP contribution in [0.1, 0.15) is 0 Å². The number of aliphatic imine (C=N–C) groups is 1. The van der Waals surface area contributed by atoms with Crippen molar-refractivity contribution in [2.24, 2.45) is 27.1 Å². The largest absolute Gasteiger partial charge is 0.289 e. The number of fused-ring (bicyclic) bond motifs is 3. The molecule has 3 rings (SSSR count). The van der Waals surface area contributed by atoms with Gasteiger partial charge in [-0.2, -0.15) is 10.2 Å². The molecule has 0 N–H and O–H groups in total. The third-order valence-electron chi connectivity index (χ3n) is 2.93. The predicted molar refractivity (Wildman–Crippen MR) is 54.4 cm³/mol. The van der Waals surface area contributed by atoms with Crippen LogP contribution in [0.25, 0.3) is 0 Å². The predicted octanol–water partition coefficient (Wildman–Crippen LogP) is 1.77. The first-order valence-corrected chi connectivity index (χ1v) is 5.69. The van der Waals surface area contributed by atoms with Gasteiger partial charge in [-0.1, -0.05) is 0 Å². The fourth-order valence-electron chi connectivity index (χ4n) is 2.18. The molecular weight excluding hydrogens is 182 g/mol. The lowest BCUT2D eigenvalue weighted by Crippen LogP contribution is -2.39. The van der Waals surface area contributed by atoms with Crippen molar-refractivity contribution in [1.82, 2.24) is 0 Å². The second kappa shape index (κ2) is 2.94. The Morgan fingerprint density at radius 2 is 2.38 bits per heavy atom. The summed E-state index contributed by atoms with van der Waals surface area (Å²) in [5, 5.41) is 10.6. The summed E-state index contributed by atoms with van der Waals surface area (Å²) < 4.78 is 0. The third-order valence-corrected chi connectivity index (χ3v) is 3.81. The fraction of sp³-hybridized carbons (Fsp3) is 0.667. The summed E-state index contributed by atoms with van der Waals surface area (Å²) in [4.78, 5) is 4.59. The van der Waals surface area contributed by atoms with E-state index in [9.17, 15) is 0 Å². The van der Waals surface area contributed by atoms with E-state index in [1.54, 1.807) is 0 Å². The molecule has 3 aliphatic rings. The van der Waals surface area contributed by atoms with Gasteiger partial charge in [-0.3, -0.25) is 4.99 Å². The fourth-order valence-corrected chi connectivity index (χ4v) is 3.10. The maximum Gasteiger partial charge on any atom is 0.0863 e. The van der Waals surface area contributed by atoms with Crippen LogP contribution in [0, 0.1) is 11.8 Å². The average Bonchev–Trinajstić information content (AvgIpc) is 2.65. The van der Waals surface area contributed by atoms with Crippen LogP contribution in [0.5, 0.6) is 0 Å². The van der Waals surface area contributed by atoms with Crippen molar-refractivity contribution in [2.45, 2.75) is 6.04 Å². The Bertz CT molecular complexity index is 308.